The molecule has 0 saturated carbocycles. The van der Waals surface area contributed by atoms with E-state index in [1.165, 1.54) is 17.3 Å². The second-order valence-corrected chi connectivity index (χ2v) is 3.84. The van der Waals surface area contributed by atoms with Crippen molar-refractivity contribution in [1.82, 2.24) is 19.4 Å². The van der Waals surface area contributed by atoms with E-state index in [0.29, 0.717) is 11.4 Å². The van der Waals surface area contributed by atoms with Crippen molar-refractivity contribution < 1.29 is 4.79 Å². The van der Waals surface area contributed by atoms with Crippen LogP contribution in [0.5, 0.6) is 0 Å². The second kappa shape index (κ2) is 4.67. The summed E-state index contributed by atoms with van der Waals surface area (Å²) in [5.41, 5.74) is 0.502. The van der Waals surface area contributed by atoms with Crippen molar-refractivity contribution in [1.29, 1.82) is 5.26 Å². The molecule has 0 aliphatic heterocycles. The zero-order valence-corrected chi connectivity index (χ0v) is 10.0. The standard InChI is InChI=1S/C12H11N5O/c1-16(2)12(18)9-3-4-10(15-8-9)17-6-5-14-11(17)7-13/h3-6,8H,1-2H3. The number of nitrogens with zero attached hydrogens (tertiary/aromatic N) is 5. The van der Waals surface area contributed by atoms with Crippen LogP contribution in [0, 0.1) is 11.3 Å². The van der Waals surface area contributed by atoms with Crippen LogP contribution in [0.25, 0.3) is 5.82 Å². The summed E-state index contributed by atoms with van der Waals surface area (Å²) in [5, 5.41) is 8.86. The van der Waals surface area contributed by atoms with Crippen LogP contribution >= 0.6 is 0 Å². The van der Waals surface area contributed by atoms with Crippen LogP contribution in [-0.4, -0.2) is 39.4 Å². The number of aromatic nitrogens is 3. The van der Waals surface area contributed by atoms with Crippen LogP contribution in [0.1, 0.15) is 16.2 Å². The third-order valence-corrected chi connectivity index (χ3v) is 2.39. The lowest BCUT2D eigenvalue weighted by atomic mass is 10.2. The molecule has 0 aliphatic carbocycles. The van der Waals surface area contributed by atoms with Gasteiger partial charge in [0, 0.05) is 32.7 Å². The Morgan fingerprint density at radius 2 is 2.17 bits per heavy atom. The Morgan fingerprint density at radius 1 is 1.39 bits per heavy atom. The fourth-order valence-corrected chi connectivity index (χ4v) is 1.48. The molecule has 1 amide bonds. The first-order valence-corrected chi connectivity index (χ1v) is 5.25. The average Bonchev–Trinajstić information content (AvgIpc) is 2.86. The summed E-state index contributed by atoms with van der Waals surface area (Å²) in [6.07, 6.45) is 4.66. The highest BCUT2D eigenvalue weighted by atomic mass is 16.2. The van der Waals surface area contributed by atoms with Gasteiger partial charge in [-0.3, -0.25) is 9.36 Å². The number of rotatable bonds is 2. The van der Waals surface area contributed by atoms with Crippen LogP contribution in [0.15, 0.2) is 30.7 Å². The molecule has 0 atom stereocenters. The Hall–Kier alpha value is -2.68. The van der Waals surface area contributed by atoms with Crippen molar-refractivity contribution in [2.75, 3.05) is 14.1 Å². The van der Waals surface area contributed by atoms with Gasteiger partial charge >= 0.3 is 0 Å². The Balaban J connectivity index is 2.34. The van der Waals surface area contributed by atoms with Gasteiger partial charge < -0.3 is 4.90 Å². The zero-order valence-electron chi connectivity index (χ0n) is 10.0. The van der Waals surface area contributed by atoms with Crippen LogP contribution < -0.4 is 0 Å². The van der Waals surface area contributed by atoms with E-state index in [9.17, 15) is 4.79 Å². The van der Waals surface area contributed by atoms with E-state index in [1.54, 1.807) is 37.0 Å². The van der Waals surface area contributed by atoms with Gasteiger partial charge in [0.2, 0.25) is 5.82 Å². The summed E-state index contributed by atoms with van der Waals surface area (Å²) >= 11 is 0. The molecule has 0 bridgehead atoms. The first-order chi connectivity index (χ1) is 8.63. The zero-order chi connectivity index (χ0) is 13.1. The van der Waals surface area contributed by atoms with Gasteiger partial charge in [0.15, 0.2) is 0 Å². The molecule has 6 nitrogen and oxygen atoms in total. The molecule has 2 aromatic rings. The smallest absolute Gasteiger partial charge is 0.254 e. The fourth-order valence-electron chi connectivity index (χ4n) is 1.48. The molecule has 2 rings (SSSR count). The van der Waals surface area contributed by atoms with Crippen LogP contribution in [0.4, 0.5) is 0 Å². The van der Waals surface area contributed by atoms with Gasteiger partial charge in [-0.2, -0.15) is 5.26 Å². The van der Waals surface area contributed by atoms with Gasteiger partial charge in [0.25, 0.3) is 5.91 Å². The molecule has 0 saturated heterocycles. The Kier molecular flexibility index (Phi) is 3.06. The largest absolute Gasteiger partial charge is 0.345 e. The molecule has 0 N–H and O–H groups in total. The molecule has 2 aromatic heterocycles. The highest BCUT2D eigenvalue weighted by Gasteiger charge is 2.10. The van der Waals surface area contributed by atoms with E-state index in [-0.39, 0.29) is 11.7 Å². The van der Waals surface area contributed by atoms with Gasteiger partial charge in [0.1, 0.15) is 11.9 Å². The maximum atomic E-state index is 11.7. The molecule has 0 spiro atoms. The number of hydrogen-bond donors (Lipinski definition) is 0. The van der Waals surface area contributed by atoms with Gasteiger partial charge in [-0.05, 0) is 12.1 Å². The Bertz CT molecular complexity index is 606. The maximum absolute atomic E-state index is 11.7. The fraction of sp³-hybridized carbons (Fsp3) is 0.167. The summed E-state index contributed by atoms with van der Waals surface area (Å²) in [4.78, 5) is 21.2. The normalized spacial score (nSPS) is 9.83. The van der Waals surface area contributed by atoms with Gasteiger partial charge in [-0.1, -0.05) is 0 Å². The summed E-state index contributed by atoms with van der Waals surface area (Å²) in [6, 6.07) is 5.32. The maximum Gasteiger partial charge on any atom is 0.254 e. The molecular formula is C12H11N5O. The van der Waals surface area contributed by atoms with Crippen molar-refractivity contribution in [3.63, 3.8) is 0 Å². The van der Waals surface area contributed by atoms with Crippen molar-refractivity contribution >= 4 is 5.91 Å². The second-order valence-electron chi connectivity index (χ2n) is 3.84. The summed E-state index contributed by atoms with van der Waals surface area (Å²) in [6.45, 7) is 0. The summed E-state index contributed by atoms with van der Waals surface area (Å²) < 4.78 is 1.56. The van der Waals surface area contributed by atoms with Gasteiger partial charge in [0.05, 0.1) is 5.56 Å². The first-order valence-electron chi connectivity index (χ1n) is 5.25. The molecule has 0 fully saturated rings. The molecule has 0 aromatic carbocycles. The van der Waals surface area contributed by atoms with E-state index in [4.69, 9.17) is 5.26 Å². The lowest BCUT2D eigenvalue weighted by Crippen LogP contribution is -2.21. The van der Waals surface area contributed by atoms with Crippen LogP contribution in [0.2, 0.25) is 0 Å². The number of carbonyl (C=O) groups is 1. The number of imidazole rings is 1. The molecule has 0 unspecified atom stereocenters. The van der Waals surface area contributed by atoms with Crippen molar-refractivity contribution in [3.05, 3.63) is 42.1 Å². The Labute approximate surface area is 104 Å². The number of nitriles is 1. The van der Waals surface area contributed by atoms with Crippen molar-refractivity contribution in [2.24, 2.45) is 0 Å². The third kappa shape index (κ3) is 2.06. The lowest BCUT2D eigenvalue weighted by molar-refractivity contribution is 0.0827. The molecule has 90 valence electrons. The van der Waals surface area contributed by atoms with E-state index in [1.807, 2.05) is 6.07 Å². The van der Waals surface area contributed by atoms with Gasteiger partial charge in [-0.15, -0.1) is 0 Å². The highest BCUT2D eigenvalue weighted by Crippen LogP contribution is 2.09. The number of pyridine rings is 1. The Morgan fingerprint density at radius 3 is 2.72 bits per heavy atom. The minimum absolute atomic E-state index is 0.111. The minimum Gasteiger partial charge on any atom is -0.345 e. The topological polar surface area (TPSA) is 74.8 Å². The summed E-state index contributed by atoms with van der Waals surface area (Å²) in [7, 11) is 3.36. The predicted molar refractivity (Wildman–Crippen MR) is 64.1 cm³/mol. The highest BCUT2D eigenvalue weighted by molar-refractivity contribution is 5.93. The number of hydrogen-bond acceptors (Lipinski definition) is 4. The van der Waals surface area contributed by atoms with Crippen molar-refractivity contribution in [2.45, 2.75) is 0 Å². The van der Waals surface area contributed by atoms with Crippen LogP contribution in [0.3, 0.4) is 0 Å². The minimum atomic E-state index is -0.111. The first kappa shape index (κ1) is 11.8. The van der Waals surface area contributed by atoms with Crippen molar-refractivity contribution in [3.8, 4) is 11.9 Å². The van der Waals surface area contributed by atoms with E-state index < -0.39 is 0 Å². The lowest BCUT2D eigenvalue weighted by Gasteiger charge is -2.10. The van der Waals surface area contributed by atoms with Crippen LogP contribution in [-0.2, 0) is 0 Å². The molecule has 2 heterocycles. The molecular weight excluding hydrogens is 230 g/mol. The van der Waals surface area contributed by atoms with Gasteiger partial charge in [-0.25, -0.2) is 9.97 Å². The monoisotopic (exact) mass is 241 g/mol. The van der Waals surface area contributed by atoms with E-state index >= 15 is 0 Å². The number of amides is 1. The average molecular weight is 241 g/mol. The number of carbonyl (C=O) groups excluding carboxylic acids is 1. The van der Waals surface area contributed by atoms with E-state index in [2.05, 4.69) is 9.97 Å². The molecule has 6 heteroatoms. The molecule has 18 heavy (non-hydrogen) atoms. The predicted octanol–water partition coefficient (Wildman–Crippen LogP) is 0.841. The third-order valence-electron chi connectivity index (χ3n) is 2.39. The SMILES string of the molecule is CN(C)C(=O)c1ccc(-n2ccnc2C#N)nc1. The summed E-state index contributed by atoms with van der Waals surface area (Å²) in [5.74, 6) is 0.703. The molecule has 0 radical (unpaired) electrons. The quantitative estimate of drug-likeness (QED) is 0.780. The van der Waals surface area contributed by atoms with E-state index in [0.717, 1.165) is 0 Å². The molecule has 0 aliphatic rings.